The van der Waals surface area contributed by atoms with E-state index in [2.05, 4.69) is 17.8 Å². The van der Waals surface area contributed by atoms with Crippen molar-refractivity contribution in [3.63, 3.8) is 0 Å². The van der Waals surface area contributed by atoms with Gasteiger partial charge >= 0.3 is 36.0 Å². The van der Waals surface area contributed by atoms with Gasteiger partial charge in [0.1, 0.15) is 24.9 Å². The monoisotopic (exact) mass is 713 g/mol. The van der Waals surface area contributed by atoms with Gasteiger partial charge in [0.15, 0.2) is 36.0 Å². The van der Waals surface area contributed by atoms with Gasteiger partial charge < -0.3 is 52.6 Å². The lowest BCUT2D eigenvalue weighted by Crippen LogP contribution is -2.65. The van der Waals surface area contributed by atoms with Crippen molar-refractivity contribution in [2.24, 2.45) is 11.3 Å². The summed E-state index contributed by atoms with van der Waals surface area (Å²) in [7, 11) is 0. The molecule has 50 heavy (non-hydrogen) atoms. The van der Waals surface area contributed by atoms with Gasteiger partial charge in [0, 0.05) is 53.8 Å². The van der Waals surface area contributed by atoms with Crippen molar-refractivity contribution in [1.29, 1.82) is 0 Å². The zero-order valence-electron chi connectivity index (χ0n) is 28.1. The number of terminal acetylenes is 1. The Morgan fingerprint density at radius 3 is 1.78 bits per heavy atom. The summed E-state index contributed by atoms with van der Waals surface area (Å²) in [6, 6.07) is 0. The lowest BCUT2D eigenvalue weighted by molar-refractivity contribution is -0.357. The van der Waals surface area contributed by atoms with Gasteiger partial charge in [-0.2, -0.15) is 0 Å². The van der Waals surface area contributed by atoms with Gasteiger partial charge in [-0.25, -0.2) is 4.79 Å². The van der Waals surface area contributed by atoms with E-state index in [-0.39, 0.29) is 1.43 Å². The first-order valence-electron chi connectivity index (χ1n) is 14.7. The number of carbonyl (C=O) groups is 6. The molecule has 10 atom stereocenters. The Morgan fingerprint density at radius 1 is 0.720 bits per heavy atom. The highest BCUT2D eigenvalue weighted by Gasteiger charge is 2.56. The van der Waals surface area contributed by atoms with E-state index in [4.69, 9.17) is 63.9 Å². The first-order chi connectivity index (χ1) is 23.6. The van der Waals surface area contributed by atoms with E-state index in [0.717, 1.165) is 34.6 Å². The second-order valence-electron chi connectivity index (χ2n) is 10.2. The number of hydrogen-bond acceptors (Lipinski definition) is 18. The highest BCUT2D eigenvalue weighted by Crippen LogP contribution is 2.37. The minimum atomic E-state index is -1.81. The largest absolute Gasteiger partial charge is 0.523 e. The molecule has 0 unspecified atom stereocenters. The van der Waals surface area contributed by atoms with Crippen molar-refractivity contribution in [3.05, 3.63) is 4.91 Å². The fourth-order valence-corrected chi connectivity index (χ4v) is 4.83. The maximum Gasteiger partial charge on any atom is 0.523 e. The highest BCUT2D eigenvalue weighted by molar-refractivity contribution is 5.68. The summed E-state index contributed by atoms with van der Waals surface area (Å²) in [4.78, 5) is 81.2. The molecule has 0 bridgehead atoms. The molecule has 19 nitrogen and oxygen atoms in total. The average Bonchev–Trinajstić information content (AvgIpc) is 3.01. The molecule has 0 aromatic carbocycles. The molecule has 0 amide bonds. The van der Waals surface area contributed by atoms with Crippen molar-refractivity contribution in [2.45, 2.75) is 110 Å². The number of ether oxygens (including phenoxy) is 10. The summed E-state index contributed by atoms with van der Waals surface area (Å²) < 4.78 is 55.2. The average molecular weight is 714 g/mol. The van der Waals surface area contributed by atoms with E-state index >= 15 is 0 Å². The lowest BCUT2D eigenvalue weighted by Gasteiger charge is -2.48. The first kappa shape index (κ1) is 42.6. The molecule has 2 saturated heterocycles. The van der Waals surface area contributed by atoms with Crippen LogP contribution < -0.4 is 0 Å². The molecule has 0 radical (unpaired) electrons. The quantitative estimate of drug-likeness (QED) is 0.110. The molecule has 2 rings (SSSR count). The van der Waals surface area contributed by atoms with Crippen LogP contribution in [0.3, 0.4) is 0 Å². The summed E-state index contributed by atoms with van der Waals surface area (Å²) in [6.07, 6.45) is -6.90. The van der Waals surface area contributed by atoms with Gasteiger partial charge in [-0.15, -0.1) is 11.3 Å². The Balaban J connectivity index is 0.00000602. The summed E-state index contributed by atoms with van der Waals surface area (Å²) in [5, 5.41) is 7.89. The third kappa shape index (κ3) is 14.0. The number of rotatable bonds is 10. The molecule has 276 valence electrons. The van der Waals surface area contributed by atoms with E-state index in [1.54, 1.807) is 13.8 Å². The van der Waals surface area contributed by atoms with Gasteiger partial charge in [-0.05, 0) is 18.3 Å². The normalized spacial score (nSPS) is 27.9. The Labute approximate surface area is 288 Å². The fraction of sp³-hybridized carbons (Fsp3) is 0.613. The summed E-state index contributed by atoms with van der Waals surface area (Å²) in [6.45, 7) is 8.40. The van der Waals surface area contributed by atoms with Crippen LogP contribution >= 0.6 is 0 Å². The smallest absolute Gasteiger partial charge is 0.463 e. The van der Waals surface area contributed by atoms with Crippen molar-refractivity contribution >= 4 is 36.0 Å². The van der Waals surface area contributed by atoms with Gasteiger partial charge in [0.25, 0.3) is 0 Å². The standard InChI is InChI=1S/C31H36O16.HNO2.H2/c1-9-11-12-13-14-38-31(37)47-28-26(42-20(7)35)25(41-19(6)34)23(15-39-17(4)32)45-30(28)46-27-24(40-18(5)33)16(3)22(10-2)44-29(27)43-21(8)36;2-1-3;/h1,16,22-30H,10,15H2,2-8H3;(H,2,3);1H/t16-,22+,23-,24+,25-,26+,27+,28+,29+,30-;;/m1../s1. The Bertz CT molecular complexity index is 1410. The molecular weight excluding hydrogens is 674 g/mol. The molecule has 0 aromatic rings. The molecule has 0 spiro atoms. The fourth-order valence-electron chi connectivity index (χ4n) is 4.83. The van der Waals surface area contributed by atoms with Gasteiger partial charge in [-0.3, -0.25) is 24.0 Å². The first-order valence-corrected chi connectivity index (χ1v) is 14.7. The van der Waals surface area contributed by atoms with Crippen LogP contribution in [0.1, 0.15) is 56.3 Å². The van der Waals surface area contributed by atoms with Crippen LogP contribution in [0, 0.1) is 47.0 Å². The second kappa shape index (κ2) is 21.5. The molecule has 0 aromatic heterocycles. The minimum Gasteiger partial charge on any atom is -0.463 e. The summed E-state index contributed by atoms with van der Waals surface area (Å²) in [5.41, 5.74) is 0. The van der Waals surface area contributed by atoms with Crippen LogP contribution in [0.25, 0.3) is 0 Å². The molecular formula is C31H39NO18. The van der Waals surface area contributed by atoms with Crippen molar-refractivity contribution < 1.29 is 82.8 Å². The van der Waals surface area contributed by atoms with Crippen molar-refractivity contribution in [2.75, 3.05) is 6.61 Å². The number of nitrogens with zero attached hydrogens (tertiary/aromatic N) is 1. The van der Waals surface area contributed by atoms with Crippen LogP contribution in [0.15, 0.2) is 5.34 Å². The van der Waals surface area contributed by atoms with E-state index in [1.165, 1.54) is 5.34 Å². The van der Waals surface area contributed by atoms with Crippen molar-refractivity contribution in [3.8, 4) is 36.2 Å². The zero-order valence-corrected chi connectivity index (χ0v) is 28.1. The van der Waals surface area contributed by atoms with Crippen LogP contribution in [0.2, 0.25) is 0 Å². The maximum absolute atomic E-state index is 12.8. The number of carbonyl (C=O) groups excluding carboxylic acids is 6. The van der Waals surface area contributed by atoms with Crippen LogP contribution in [0.4, 0.5) is 4.79 Å². The van der Waals surface area contributed by atoms with E-state index in [1.807, 2.05) is 12.0 Å². The summed E-state index contributed by atoms with van der Waals surface area (Å²) >= 11 is 0. The second-order valence-corrected chi connectivity index (χ2v) is 10.2. The van der Waals surface area contributed by atoms with E-state index < -0.39 is 104 Å². The number of esters is 5. The van der Waals surface area contributed by atoms with Gasteiger partial charge in [0.05, 0.1) is 6.10 Å². The van der Waals surface area contributed by atoms with E-state index in [0.29, 0.717) is 6.42 Å². The topological polar surface area (TPSA) is 244 Å². The molecule has 19 heteroatoms. The summed E-state index contributed by atoms with van der Waals surface area (Å²) in [5.74, 6) is 4.01. The van der Waals surface area contributed by atoms with E-state index in [9.17, 15) is 28.8 Å². The highest BCUT2D eigenvalue weighted by atomic mass is 16.8. The Morgan fingerprint density at radius 2 is 1.26 bits per heavy atom. The zero-order chi connectivity index (χ0) is 38.0. The van der Waals surface area contributed by atoms with Gasteiger partial charge in [0.2, 0.25) is 6.29 Å². The molecule has 0 saturated carbocycles. The predicted molar refractivity (Wildman–Crippen MR) is 162 cm³/mol. The molecule has 0 aliphatic carbocycles. The minimum absolute atomic E-state index is 0. The van der Waals surface area contributed by atoms with Gasteiger partial charge in [-0.1, -0.05) is 13.8 Å². The van der Waals surface area contributed by atoms with Crippen LogP contribution in [-0.2, 0) is 71.3 Å². The molecule has 2 aliphatic rings. The van der Waals surface area contributed by atoms with Crippen molar-refractivity contribution in [1.82, 2.24) is 0 Å². The molecule has 2 fully saturated rings. The SMILES string of the molecule is C#CC#CC#COC(=O)O[C@@H]1[C@@H](O[C@@H]2[C@@H](OC(C)=O)O[C@@H](CC)[C@@H](C)[C@@H]2OC(C)=O)O[C@H](COC(C)=O)[C@@H](OC(C)=O)[C@@H]1OC(C)=O.O=NO.[HH]. The third-order valence-electron chi connectivity index (χ3n) is 6.54. The lowest BCUT2D eigenvalue weighted by atomic mass is 9.88. The molecule has 2 heterocycles. The van der Waals surface area contributed by atoms with Crippen LogP contribution in [0.5, 0.6) is 0 Å². The Hall–Kier alpha value is -5.42. The maximum atomic E-state index is 12.8. The molecule has 1 N–H and O–H groups in total. The number of hydrogen-bond donors (Lipinski definition) is 1. The molecule has 2 aliphatic heterocycles. The van der Waals surface area contributed by atoms with Crippen LogP contribution in [-0.4, -0.2) is 103 Å². The Kier molecular flexibility index (Phi) is 18.3. The predicted octanol–water partition coefficient (Wildman–Crippen LogP) is 1.30. The third-order valence-corrected chi connectivity index (χ3v) is 6.54.